The molecule has 0 aliphatic carbocycles. The smallest absolute Gasteiger partial charge is 0.318 e. The fraction of sp³-hybridized carbons (Fsp3) is 0.368. The second kappa shape index (κ2) is 8.20. The number of hydrogen-bond donors (Lipinski definition) is 1. The molecule has 126 valence electrons. The average Bonchev–Trinajstić information content (AvgIpc) is 2.67. The molecule has 0 unspecified atom stereocenters. The van der Waals surface area contributed by atoms with Crippen LogP contribution in [0.5, 0.6) is 0 Å². The first-order valence-corrected chi connectivity index (χ1v) is 9.58. The molecule has 0 radical (unpaired) electrons. The fourth-order valence-corrected chi connectivity index (χ4v) is 3.53. The van der Waals surface area contributed by atoms with Gasteiger partial charge in [0.2, 0.25) is 0 Å². The van der Waals surface area contributed by atoms with Crippen molar-refractivity contribution in [1.82, 2.24) is 15.2 Å². The van der Waals surface area contributed by atoms with Crippen LogP contribution in [0.4, 0.5) is 4.79 Å². The molecule has 2 aromatic rings. The molecule has 3 rings (SSSR count). The number of nitrogens with zero attached hydrogens (tertiary/aromatic N) is 2. The minimum absolute atomic E-state index is 0.0116. The highest BCUT2D eigenvalue weighted by atomic mass is 32.2. The number of aromatic nitrogens is 1. The molecule has 1 saturated heterocycles. The molecule has 1 aliphatic heterocycles. The summed E-state index contributed by atoms with van der Waals surface area (Å²) in [4.78, 5) is 20.1. The van der Waals surface area contributed by atoms with Crippen molar-refractivity contribution in [3.63, 3.8) is 0 Å². The van der Waals surface area contributed by atoms with E-state index in [2.05, 4.69) is 46.9 Å². The Morgan fingerprint density at radius 1 is 1.29 bits per heavy atom. The molecule has 2 amide bonds. The van der Waals surface area contributed by atoms with Crippen molar-refractivity contribution in [1.29, 1.82) is 0 Å². The molecule has 2 heterocycles. The third-order valence-corrected chi connectivity index (χ3v) is 5.18. The summed E-state index contributed by atoms with van der Waals surface area (Å²) in [5.41, 5.74) is 2.24. The number of carbonyl (C=O) groups is 1. The molecule has 1 fully saturated rings. The van der Waals surface area contributed by atoms with Crippen molar-refractivity contribution in [2.75, 3.05) is 12.8 Å². The SMILES string of the molecule is CSc1ccc(CNC(=O)N2CCCC[C@@H]2c2cccnc2)cc1. The topological polar surface area (TPSA) is 45.2 Å². The molecule has 1 atom stereocenters. The van der Waals surface area contributed by atoms with Gasteiger partial charge in [-0.25, -0.2) is 4.79 Å². The Kier molecular flexibility index (Phi) is 5.75. The second-order valence-electron chi connectivity index (χ2n) is 6.00. The monoisotopic (exact) mass is 341 g/mol. The van der Waals surface area contributed by atoms with Crippen molar-refractivity contribution in [3.05, 3.63) is 59.9 Å². The van der Waals surface area contributed by atoms with Crippen LogP contribution in [-0.2, 0) is 6.54 Å². The summed E-state index contributed by atoms with van der Waals surface area (Å²) in [6.07, 6.45) is 8.92. The lowest BCUT2D eigenvalue weighted by Crippen LogP contribution is -2.44. The summed E-state index contributed by atoms with van der Waals surface area (Å²) in [6.45, 7) is 1.36. The van der Waals surface area contributed by atoms with Crippen LogP contribution < -0.4 is 5.32 Å². The molecule has 1 aliphatic rings. The van der Waals surface area contributed by atoms with Gasteiger partial charge in [0.05, 0.1) is 6.04 Å². The van der Waals surface area contributed by atoms with E-state index in [-0.39, 0.29) is 12.1 Å². The highest BCUT2D eigenvalue weighted by molar-refractivity contribution is 7.98. The van der Waals surface area contributed by atoms with E-state index < -0.39 is 0 Å². The average molecular weight is 341 g/mol. The number of rotatable bonds is 4. The maximum atomic E-state index is 12.7. The van der Waals surface area contributed by atoms with Gasteiger partial charge >= 0.3 is 6.03 Å². The summed E-state index contributed by atoms with van der Waals surface area (Å²) >= 11 is 1.72. The van der Waals surface area contributed by atoms with E-state index >= 15 is 0 Å². The molecule has 4 nitrogen and oxygen atoms in total. The number of hydrogen-bond acceptors (Lipinski definition) is 3. The first kappa shape index (κ1) is 16.8. The zero-order valence-corrected chi connectivity index (χ0v) is 14.8. The fourth-order valence-electron chi connectivity index (χ4n) is 3.12. The Labute approximate surface area is 147 Å². The lowest BCUT2D eigenvalue weighted by molar-refractivity contribution is 0.151. The summed E-state index contributed by atoms with van der Waals surface area (Å²) in [5, 5.41) is 3.07. The molecule has 1 aromatic carbocycles. The molecule has 0 spiro atoms. The Morgan fingerprint density at radius 3 is 2.83 bits per heavy atom. The van der Waals surface area contributed by atoms with Crippen LogP contribution in [0.3, 0.4) is 0 Å². The Balaban J connectivity index is 1.63. The molecule has 1 aromatic heterocycles. The number of likely N-dealkylation sites (tertiary alicyclic amines) is 1. The van der Waals surface area contributed by atoms with E-state index in [1.165, 1.54) is 4.90 Å². The zero-order valence-electron chi connectivity index (χ0n) is 13.9. The standard InChI is InChI=1S/C19H23N3OS/c1-24-17-9-7-15(8-10-17)13-21-19(23)22-12-3-2-6-18(22)16-5-4-11-20-14-16/h4-5,7-11,14,18H,2-3,6,12-13H2,1H3,(H,21,23)/t18-/m1/s1. The quantitative estimate of drug-likeness (QED) is 0.846. The highest BCUT2D eigenvalue weighted by Crippen LogP contribution is 2.30. The molecule has 1 N–H and O–H groups in total. The van der Waals surface area contributed by atoms with Crippen LogP contribution in [0.15, 0.2) is 53.7 Å². The number of urea groups is 1. The van der Waals surface area contributed by atoms with E-state index in [0.717, 1.165) is 36.9 Å². The molecule has 0 saturated carbocycles. The number of thioether (sulfide) groups is 1. The van der Waals surface area contributed by atoms with Crippen LogP contribution in [0, 0.1) is 0 Å². The minimum atomic E-state index is 0.0116. The van der Waals surface area contributed by atoms with Crippen molar-refractivity contribution in [2.45, 2.75) is 36.7 Å². The normalized spacial score (nSPS) is 17.5. The number of carbonyl (C=O) groups excluding carboxylic acids is 1. The highest BCUT2D eigenvalue weighted by Gasteiger charge is 2.27. The molecule has 24 heavy (non-hydrogen) atoms. The third kappa shape index (κ3) is 4.09. The van der Waals surface area contributed by atoms with E-state index in [4.69, 9.17) is 0 Å². The summed E-state index contributed by atoms with van der Waals surface area (Å²) in [7, 11) is 0. The first-order chi connectivity index (χ1) is 11.8. The second-order valence-corrected chi connectivity index (χ2v) is 6.88. The van der Waals surface area contributed by atoms with Gasteiger partial charge in [0.25, 0.3) is 0 Å². The van der Waals surface area contributed by atoms with E-state index in [9.17, 15) is 4.79 Å². The van der Waals surface area contributed by atoms with Gasteiger partial charge in [0.15, 0.2) is 0 Å². The van der Waals surface area contributed by atoms with E-state index in [0.29, 0.717) is 6.54 Å². The summed E-state index contributed by atoms with van der Waals surface area (Å²) in [5.74, 6) is 0. The molecular formula is C19H23N3OS. The number of amides is 2. The van der Waals surface area contributed by atoms with Crippen molar-refractivity contribution < 1.29 is 4.79 Å². The number of pyridine rings is 1. The summed E-state index contributed by atoms with van der Waals surface area (Å²) in [6, 6.07) is 12.5. The maximum Gasteiger partial charge on any atom is 0.318 e. The van der Waals surface area contributed by atoms with Crippen LogP contribution in [0.25, 0.3) is 0 Å². The first-order valence-electron chi connectivity index (χ1n) is 8.35. The Hall–Kier alpha value is -2.01. The zero-order chi connectivity index (χ0) is 16.8. The predicted octanol–water partition coefficient (Wildman–Crippen LogP) is 4.24. The van der Waals surface area contributed by atoms with Gasteiger partial charge in [-0.1, -0.05) is 18.2 Å². The third-order valence-electron chi connectivity index (χ3n) is 4.44. The number of piperidine rings is 1. The Bertz CT molecular complexity index is 660. The van der Waals surface area contributed by atoms with E-state index in [1.54, 1.807) is 18.0 Å². The molecular weight excluding hydrogens is 318 g/mol. The van der Waals surface area contributed by atoms with Crippen LogP contribution >= 0.6 is 11.8 Å². The minimum Gasteiger partial charge on any atom is -0.334 e. The van der Waals surface area contributed by atoms with Gasteiger partial charge in [-0.05, 0) is 54.8 Å². The van der Waals surface area contributed by atoms with Crippen molar-refractivity contribution in [2.24, 2.45) is 0 Å². The number of nitrogens with one attached hydrogen (secondary N) is 1. The van der Waals surface area contributed by atoms with Crippen LogP contribution in [0.1, 0.15) is 36.4 Å². The lowest BCUT2D eigenvalue weighted by atomic mass is 9.97. The number of benzene rings is 1. The van der Waals surface area contributed by atoms with Gasteiger partial charge in [-0.15, -0.1) is 11.8 Å². The van der Waals surface area contributed by atoms with Crippen molar-refractivity contribution in [3.8, 4) is 0 Å². The maximum absolute atomic E-state index is 12.7. The molecule has 0 bridgehead atoms. The van der Waals surface area contributed by atoms with Gasteiger partial charge in [-0.2, -0.15) is 0 Å². The van der Waals surface area contributed by atoms with Gasteiger partial charge < -0.3 is 10.2 Å². The largest absolute Gasteiger partial charge is 0.334 e. The van der Waals surface area contributed by atoms with E-state index in [1.807, 2.05) is 17.2 Å². The van der Waals surface area contributed by atoms with Crippen LogP contribution in [-0.4, -0.2) is 28.7 Å². The summed E-state index contributed by atoms with van der Waals surface area (Å²) < 4.78 is 0. The van der Waals surface area contributed by atoms with Gasteiger partial charge in [0.1, 0.15) is 0 Å². The lowest BCUT2D eigenvalue weighted by Gasteiger charge is -2.35. The van der Waals surface area contributed by atoms with Crippen molar-refractivity contribution >= 4 is 17.8 Å². The Morgan fingerprint density at radius 2 is 2.12 bits per heavy atom. The van der Waals surface area contributed by atoms with Crippen LogP contribution in [0.2, 0.25) is 0 Å². The van der Waals surface area contributed by atoms with Gasteiger partial charge in [0, 0.05) is 30.4 Å². The van der Waals surface area contributed by atoms with Gasteiger partial charge in [-0.3, -0.25) is 4.98 Å². The predicted molar refractivity (Wildman–Crippen MR) is 98.0 cm³/mol. The molecule has 5 heteroatoms.